The molecule has 4 heterocycles. The molecular formula is C21H16N2O7. The van der Waals surface area contributed by atoms with Gasteiger partial charge in [-0.2, -0.15) is 0 Å². The van der Waals surface area contributed by atoms with Gasteiger partial charge in [-0.15, -0.1) is 0 Å². The first-order valence-electron chi connectivity index (χ1n) is 9.33. The number of fused-ring (bicyclic) bond motifs is 5. The zero-order valence-corrected chi connectivity index (χ0v) is 15.8. The van der Waals surface area contributed by atoms with Crippen molar-refractivity contribution in [2.75, 3.05) is 0 Å². The number of benzene rings is 1. The number of carbonyl (C=O) groups excluding carboxylic acids is 1. The Labute approximate surface area is 169 Å². The van der Waals surface area contributed by atoms with E-state index in [4.69, 9.17) is 14.6 Å². The molecule has 0 bridgehead atoms. The normalized spacial score (nSPS) is 19.1. The molecule has 152 valence electrons. The highest BCUT2D eigenvalue weighted by Crippen LogP contribution is 2.38. The first kappa shape index (κ1) is 18.3. The number of ether oxygens (including phenoxy) is 2. The van der Waals surface area contributed by atoms with E-state index in [0.29, 0.717) is 22.3 Å². The van der Waals surface area contributed by atoms with Gasteiger partial charge in [0.2, 0.25) is 0 Å². The predicted octanol–water partition coefficient (Wildman–Crippen LogP) is 2.14. The van der Waals surface area contributed by atoms with Crippen molar-refractivity contribution in [2.45, 2.75) is 32.1 Å². The topological polar surface area (TPSA) is 128 Å². The highest BCUT2D eigenvalue weighted by atomic mass is 16.7. The van der Waals surface area contributed by atoms with Crippen LogP contribution in [0.25, 0.3) is 22.3 Å². The van der Waals surface area contributed by atoms with Crippen LogP contribution in [0.3, 0.4) is 0 Å². The number of hydrogen-bond acceptors (Lipinski definition) is 7. The summed E-state index contributed by atoms with van der Waals surface area (Å²) in [6, 6.07) is 8.16. The number of nitrogens with zero attached hydrogens (tertiary/aromatic N) is 2. The van der Waals surface area contributed by atoms with Crippen LogP contribution in [0.5, 0.6) is 5.75 Å². The molecule has 9 heteroatoms. The summed E-state index contributed by atoms with van der Waals surface area (Å²) in [6.45, 7) is 1.73. The maximum Gasteiger partial charge on any atom is 0.511 e. The Bertz CT molecular complexity index is 1330. The molecule has 30 heavy (non-hydrogen) atoms. The summed E-state index contributed by atoms with van der Waals surface area (Å²) in [5.41, 5.74) is 0.769. The van der Waals surface area contributed by atoms with Gasteiger partial charge in [0, 0.05) is 16.5 Å². The summed E-state index contributed by atoms with van der Waals surface area (Å²) in [4.78, 5) is 40.7. The number of carboxylic acid groups (broad SMARTS) is 1. The number of pyridine rings is 2. The fourth-order valence-electron chi connectivity index (χ4n) is 4.13. The Morgan fingerprint density at radius 3 is 2.83 bits per heavy atom. The molecule has 2 aliphatic heterocycles. The van der Waals surface area contributed by atoms with E-state index in [1.807, 2.05) is 6.07 Å². The lowest BCUT2D eigenvalue weighted by atomic mass is 9.86. The van der Waals surface area contributed by atoms with Crippen molar-refractivity contribution in [1.82, 2.24) is 9.55 Å². The molecule has 3 aromatic rings. The molecule has 0 saturated heterocycles. The number of aromatic nitrogens is 2. The van der Waals surface area contributed by atoms with Crippen LogP contribution in [0.1, 0.15) is 30.0 Å². The maximum absolute atomic E-state index is 13.1. The second-order valence-electron chi connectivity index (χ2n) is 7.32. The molecule has 9 nitrogen and oxygen atoms in total. The van der Waals surface area contributed by atoms with Gasteiger partial charge in [0.05, 0.1) is 29.0 Å². The largest absolute Gasteiger partial charge is 0.511 e. The van der Waals surface area contributed by atoms with Crippen molar-refractivity contribution in [2.24, 2.45) is 0 Å². The number of cyclic esters (lactones) is 1. The monoisotopic (exact) mass is 408 g/mol. The molecule has 0 fully saturated rings. The van der Waals surface area contributed by atoms with Crippen molar-refractivity contribution >= 4 is 23.0 Å². The Balaban J connectivity index is 1.70. The quantitative estimate of drug-likeness (QED) is 0.381. The van der Waals surface area contributed by atoms with Gasteiger partial charge in [0.25, 0.3) is 5.56 Å². The van der Waals surface area contributed by atoms with E-state index in [9.17, 15) is 19.5 Å². The lowest BCUT2D eigenvalue weighted by molar-refractivity contribution is -0.172. The zero-order chi connectivity index (χ0) is 21.2. The van der Waals surface area contributed by atoms with Gasteiger partial charge >= 0.3 is 12.1 Å². The summed E-state index contributed by atoms with van der Waals surface area (Å²) in [6.07, 6.45) is -1.33. The molecule has 1 aromatic carbocycles. The fourth-order valence-corrected chi connectivity index (χ4v) is 4.13. The molecule has 1 atom stereocenters. The minimum atomic E-state index is -1.87. The first-order chi connectivity index (χ1) is 14.3. The molecule has 0 aliphatic carbocycles. The minimum absolute atomic E-state index is 0.0755. The van der Waals surface area contributed by atoms with Gasteiger partial charge in [0.15, 0.2) is 5.60 Å². The van der Waals surface area contributed by atoms with Crippen LogP contribution in [-0.4, -0.2) is 31.9 Å². The second kappa shape index (κ2) is 6.14. The third kappa shape index (κ3) is 2.45. The predicted molar refractivity (Wildman–Crippen MR) is 103 cm³/mol. The molecular weight excluding hydrogens is 392 g/mol. The van der Waals surface area contributed by atoms with Crippen molar-refractivity contribution in [1.29, 1.82) is 0 Å². The van der Waals surface area contributed by atoms with Crippen LogP contribution < -0.4 is 10.3 Å². The molecule has 0 amide bonds. The summed E-state index contributed by atoms with van der Waals surface area (Å²) >= 11 is 0. The Morgan fingerprint density at radius 2 is 2.10 bits per heavy atom. The standard InChI is InChI=1S/C21H16N2O7/c1-2-21(28)14-7-16-17-11(8-23(16)18(24)13(14)9-29-19(21)25)5-10-6-12(30-20(26)27)3-4-15(10)22-17/h3-7,28H,2,8-9H2,1H3,(H,26,27)/t21-/m0/s1. The maximum atomic E-state index is 13.1. The molecule has 5 rings (SSSR count). The Kier molecular flexibility index (Phi) is 3.75. The molecule has 0 spiro atoms. The summed E-state index contributed by atoms with van der Waals surface area (Å²) in [5, 5.41) is 20.3. The van der Waals surface area contributed by atoms with Gasteiger partial charge in [-0.1, -0.05) is 6.92 Å². The van der Waals surface area contributed by atoms with Gasteiger partial charge in [0.1, 0.15) is 12.4 Å². The van der Waals surface area contributed by atoms with Gasteiger partial charge < -0.3 is 24.3 Å². The minimum Gasteiger partial charge on any atom is -0.458 e. The van der Waals surface area contributed by atoms with Crippen LogP contribution >= 0.6 is 0 Å². The van der Waals surface area contributed by atoms with Gasteiger partial charge in [-0.3, -0.25) is 4.79 Å². The summed E-state index contributed by atoms with van der Waals surface area (Å²) in [7, 11) is 0. The summed E-state index contributed by atoms with van der Waals surface area (Å²) in [5.74, 6) is -0.596. The molecule has 2 aromatic heterocycles. The van der Waals surface area contributed by atoms with Crippen molar-refractivity contribution < 1.29 is 29.3 Å². The van der Waals surface area contributed by atoms with E-state index in [2.05, 4.69) is 4.98 Å². The molecule has 0 radical (unpaired) electrons. The third-order valence-electron chi connectivity index (χ3n) is 5.68. The molecule has 2 N–H and O–H groups in total. The van der Waals surface area contributed by atoms with Crippen molar-refractivity contribution in [3.05, 3.63) is 57.4 Å². The van der Waals surface area contributed by atoms with Crippen LogP contribution in [0.4, 0.5) is 4.79 Å². The van der Waals surface area contributed by atoms with E-state index in [-0.39, 0.29) is 42.0 Å². The first-order valence-corrected chi connectivity index (χ1v) is 9.33. The average molecular weight is 408 g/mol. The van der Waals surface area contributed by atoms with Crippen LogP contribution in [-0.2, 0) is 28.3 Å². The van der Waals surface area contributed by atoms with Gasteiger partial charge in [-0.05, 0) is 36.8 Å². The number of esters is 1. The third-order valence-corrected chi connectivity index (χ3v) is 5.68. The van der Waals surface area contributed by atoms with Crippen LogP contribution in [0.2, 0.25) is 0 Å². The SMILES string of the molecule is CC[C@@]1(O)C(=O)OCc2c1cc1n(c2=O)Cc2cc3cc(OC(=O)O)ccc3nc2-1. The Morgan fingerprint density at radius 1 is 1.30 bits per heavy atom. The smallest absolute Gasteiger partial charge is 0.458 e. The highest BCUT2D eigenvalue weighted by Gasteiger charge is 2.45. The molecule has 0 saturated carbocycles. The molecule has 2 aliphatic rings. The lowest BCUT2D eigenvalue weighted by Gasteiger charge is -2.31. The highest BCUT2D eigenvalue weighted by molar-refractivity contribution is 5.87. The van der Waals surface area contributed by atoms with E-state index in [0.717, 1.165) is 5.56 Å². The second-order valence-corrected chi connectivity index (χ2v) is 7.32. The van der Waals surface area contributed by atoms with E-state index >= 15 is 0 Å². The molecule has 0 unspecified atom stereocenters. The average Bonchev–Trinajstić information content (AvgIpc) is 3.07. The number of aliphatic hydroxyl groups is 1. The van der Waals surface area contributed by atoms with Crippen molar-refractivity contribution in [3.63, 3.8) is 0 Å². The summed E-state index contributed by atoms with van der Waals surface area (Å²) < 4.78 is 11.3. The lowest BCUT2D eigenvalue weighted by Crippen LogP contribution is -2.44. The van der Waals surface area contributed by atoms with Gasteiger partial charge in [-0.25, -0.2) is 14.6 Å². The van der Waals surface area contributed by atoms with Crippen LogP contribution in [0, 0.1) is 0 Å². The number of hydrogen-bond donors (Lipinski definition) is 2. The van der Waals surface area contributed by atoms with E-state index < -0.39 is 17.7 Å². The van der Waals surface area contributed by atoms with Crippen molar-refractivity contribution in [3.8, 4) is 17.1 Å². The zero-order valence-electron chi connectivity index (χ0n) is 15.8. The fraction of sp³-hybridized carbons (Fsp3) is 0.238. The van der Waals surface area contributed by atoms with Crippen LogP contribution in [0.15, 0.2) is 35.1 Å². The van der Waals surface area contributed by atoms with E-state index in [1.54, 1.807) is 29.7 Å². The number of rotatable bonds is 2. The number of carbonyl (C=O) groups is 2. The van der Waals surface area contributed by atoms with E-state index in [1.165, 1.54) is 6.07 Å². The Hall–Kier alpha value is -3.72.